The number of rotatable bonds is 6. The number of nitrogens with one attached hydrogen (secondary N) is 1. The SMILES string of the molecule is Cc1c(Cl)nc(C2CC2)nc1NCCN(C)C(C)C. The van der Waals surface area contributed by atoms with Crippen LogP contribution in [0.4, 0.5) is 5.82 Å². The molecule has 1 aliphatic carbocycles. The van der Waals surface area contributed by atoms with Crippen LogP contribution in [0.5, 0.6) is 0 Å². The lowest BCUT2D eigenvalue weighted by atomic mass is 10.3. The number of nitrogens with zero attached hydrogens (tertiary/aromatic N) is 3. The van der Waals surface area contributed by atoms with Crippen molar-refractivity contribution >= 4 is 17.4 Å². The summed E-state index contributed by atoms with van der Waals surface area (Å²) < 4.78 is 0. The highest BCUT2D eigenvalue weighted by atomic mass is 35.5. The minimum Gasteiger partial charge on any atom is -0.368 e. The Morgan fingerprint density at radius 2 is 2.05 bits per heavy atom. The average molecular weight is 283 g/mol. The van der Waals surface area contributed by atoms with Crippen LogP contribution in [0.1, 0.15) is 44.0 Å². The van der Waals surface area contributed by atoms with Crippen LogP contribution in [0.15, 0.2) is 0 Å². The minimum atomic E-state index is 0.525. The van der Waals surface area contributed by atoms with Gasteiger partial charge in [-0.05, 0) is 40.7 Å². The third-order valence-electron chi connectivity index (χ3n) is 3.68. The van der Waals surface area contributed by atoms with Gasteiger partial charge in [-0.1, -0.05) is 11.6 Å². The molecule has 1 saturated carbocycles. The maximum Gasteiger partial charge on any atom is 0.137 e. The molecule has 1 aromatic heterocycles. The molecule has 1 heterocycles. The molecule has 2 rings (SSSR count). The van der Waals surface area contributed by atoms with Crippen LogP contribution >= 0.6 is 11.6 Å². The Balaban J connectivity index is 1.99. The van der Waals surface area contributed by atoms with Gasteiger partial charge in [-0.3, -0.25) is 0 Å². The van der Waals surface area contributed by atoms with E-state index in [1.165, 1.54) is 12.8 Å². The molecule has 19 heavy (non-hydrogen) atoms. The summed E-state index contributed by atoms with van der Waals surface area (Å²) in [6.45, 7) is 8.20. The summed E-state index contributed by atoms with van der Waals surface area (Å²) in [5, 5.41) is 3.97. The van der Waals surface area contributed by atoms with E-state index in [-0.39, 0.29) is 0 Å². The van der Waals surface area contributed by atoms with Crippen molar-refractivity contribution in [2.24, 2.45) is 0 Å². The molecule has 4 nitrogen and oxygen atoms in total. The predicted octanol–water partition coefficient (Wildman–Crippen LogP) is 3.07. The van der Waals surface area contributed by atoms with Gasteiger partial charge in [-0.2, -0.15) is 0 Å². The van der Waals surface area contributed by atoms with Gasteiger partial charge in [0.1, 0.15) is 16.8 Å². The number of likely N-dealkylation sites (N-methyl/N-ethyl adjacent to an activating group) is 1. The standard InChI is InChI=1S/C14H23ClN4/c1-9(2)19(4)8-7-16-13-10(3)12(15)17-14(18-13)11-5-6-11/h9,11H,5-8H2,1-4H3,(H,16,17,18). The molecule has 0 radical (unpaired) electrons. The molecule has 1 N–H and O–H groups in total. The zero-order chi connectivity index (χ0) is 14.0. The Bertz CT molecular complexity index is 443. The third kappa shape index (κ3) is 3.80. The van der Waals surface area contributed by atoms with E-state index in [1.54, 1.807) is 0 Å². The van der Waals surface area contributed by atoms with Crippen LogP contribution in [0, 0.1) is 6.92 Å². The topological polar surface area (TPSA) is 41.1 Å². The molecule has 0 spiro atoms. The number of aromatic nitrogens is 2. The lowest BCUT2D eigenvalue weighted by Gasteiger charge is -2.21. The van der Waals surface area contributed by atoms with Crippen molar-refractivity contribution in [3.05, 3.63) is 16.5 Å². The summed E-state index contributed by atoms with van der Waals surface area (Å²) in [6.07, 6.45) is 2.38. The number of halogens is 1. The second-order valence-corrected chi connectivity index (χ2v) is 5.98. The maximum atomic E-state index is 6.18. The van der Waals surface area contributed by atoms with Crippen LogP contribution in [0.2, 0.25) is 5.15 Å². The predicted molar refractivity (Wildman–Crippen MR) is 80.0 cm³/mol. The summed E-state index contributed by atoms with van der Waals surface area (Å²) >= 11 is 6.18. The van der Waals surface area contributed by atoms with Gasteiger partial charge >= 0.3 is 0 Å². The molecule has 0 saturated heterocycles. The Labute approximate surface area is 120 Å². The Morgan fingerprint density at radius 1 is 1.37 bits per heavy atom. The summed E-state index contributed by atoms with van der Waals surface area (Å²) in [6, 6.07) is 0.555. The van der Waals surface area contributed by atoms with Crippen LogP contribution in [-0.2, 0) is 0 Å². The van der Waals surface area contributed by atoms with E-state index < -0.39 is 0 Å². The van der Waals surface area contributed by atoms with Gasteiger partial charge in [0.15, 0.2) is 0 Å². The molecule has 5 heteroatoms. The Hall–Kier alpha value is -0.870. The van der Waals surface area contributed by atoms with Crippen molar-refractivity contribution in [3.63, 3.8) is 0 Å². The molecular weight excluding hydrogens is 260 g/mol. The normalized spacial score (nSPS) is 15.3. The van der Waals surface area contributed by atoms with Crippen LogP contribution in [-0.4, -0.2) is 41.0 Å². The number of hydrogen-bond donors (Lipinski definition) is 1. The van der Waals surface area contributed by atoms with E-state index in [4.69, 9.17) is 11.6 Å². The quantitative estimate of drug-likeness (QED) is 0.814. The van der Waals surface area contributed by atoms with Crippen molar-refractivity contribution in [1.29, 1.82) is 0 Å². The monoisotopic (exact) mass is 282 g/mol. The highest BCUT2D eigenvalue weighted by Crippen LogP contribution is 2.39. The first-order chi connectivity index (χ1) is 8.99. The minimum absolute atomic E-state index is 0.525. The molecule has 106 valence electrons. The first-order valence-corrected chi connectivity index (χ1v) is 7.35. The molecular formula is C14H23ClN4. The van der Waals surface area contributed by atoms with Crippen molar-refractivity contribution < 1.29 is 0 Å². The van der Waals surface area contributed by atoms with Gasteiger partial charge in [-0.25, -0.2) is 9.97 Å². The molecule has 1 aromatic rings. The summed E-state index contributed by atoms with van der Waals surface area (Å²) in [5.74, 6) is 2.31. The van der Waals surface area contributed by atoms with Crippen LogP contribution in [0.25, 0.3) is 0 Å². The number of anilines is 1. The first kappa shape index (κ1) is 14.5. The van der Waals surface area contributed by atoms with Crippen LogP contribution in [0.3, 0.4) is 0 Å². The molecule has 0 aromatic carbocycles. The molecule has 0 unspecified atom stereocenters. The van der Waals surface area contributed by atoms with E-state index >= 15 is 0 Å². The third-order valence-corrected chi connectivity index (χ3v) is 4.05. The van der Waals surface area contributed by atoms with Gasteiger partial charge in [0, 0.05) is 30.6 Å². The lowest BCUT2D eigenvalue weighted by molar-refractivity contribution is 0.284. The molecule has 0 aliphatic heterocycles. The Morgan fingerprint density at radius 3 is 2.63 bits per heavy atom. The molecule has 1 aliphatic rings. The van der Waals surface area contributed by atoms with Crippen molar-refractivity contribution in [1.82, 2.24) is 14.9 Å². The second-order valence-electron chi connectivity index (χ2n) is 5.62. The van der Waals surface area contributed by atoms with Gasteiger partial charge < -0.3 is 10.2 Å². The fourth-order valence-electron chi connectivity index (χ4n) is 1.81. The van der Waals surface area contributed by atoms with Gasteiger partial charge in [0.2, 0.25) is 0 Å². The first-order valence-electron chi connectivity index (χ1n) is 6.97. The van der Waals surface area contributed by atoms with Crippen molar-refractivity contribution in [2.75, 3.05) is 25.5 Å². The van der Waals surface area contributed by atoms with E-state index in [0.29, 0.717) is 17.1 Å². The lowest BCUT2D eigenvalue weighted by Crippen LogP contribution is -2.31. The Kier molecular flexibility index (Phi) is 4.63. The highest BCUT2D eigenvalue weighted by molar-refractivity contribution is 6.30. The number of hydrogen-bond acceptors (Lipinski definition) is 4. The second kappa shape index (κ2) is 6.06. The van der Waals surface area contributed by atoms with Crippen molar-refractivity contribution in [3.8, 4) is 0 Å². The van der Waals surface area contributed by atoms with E-state index in [9.17, 15) is 0 Å². The largest absolute Gasteiger partial charge is 0.368 e. The van der Waals surface area contributed by atoms with Gasteiger partial charge in [-0.15, -0.1) is 0 Å². The fraction of sp³-hybridized carbons (Fsp3) is 0.714. The summed E-state index contributed by atoms with van der Waals surface area (Å²) in [4.78, 5) is 11.3. The maximum absolute atomic E-state index is 6.18. The smallest absolute Gasteiger partial charge is 0.137 e. The highest BCUT2D eigenvalue weighted by Gasteiger charge is 2.27. The molecule has 0 amide bonds. The van der Waals surface area contributed by atoms with E-state index in [2.05, 4.69) is 41.1 Å². The van der Waals surface area contributed by atoms with E-state index in [1.807, 2.05) is 6.92 Å². The molecule has 0 atom stereocenters. The average Bonchev–Trinajstić information content (AvgIpc) is 3.18. The van der Waals surface area contributed by atoms with Gasteiger partial charge in [0.25, 0.3) is 0 Å². The fourth-order valence-corrected chi connectivity index (χ4v) is 1.99. The summed E-state index contributed by atoms with van der Waals surface area (Å²) in [5.41, 5.74) is 0.943. The van der Waals surface area contributed by atoms with Crippen molar-refractivity contribution in [2.45, 2.75) is 45.6 Å². The van der Waals surface area contributed by atoms with E-state index in [0.717, 1.165) is 30.3 Å². The zero-order valence-electron chi connectivity index (χ0n) is 12.2. The molecule has 1 fully saturated rings. The molecule has 0 bridgehead atoms. The summed E-state index contributed by atoms with van der Waals surface area (Å²) in [7, 11) is 2.13. The zero-order valence-corrected chi connectivity index (χ0v) is 13.0. The van der Waals surface area contributed by atoms with Crippen LogP contribution < -0.4 is 5.32 Å². The van der Waals surface area contributed by atoms with Gasteiger partial charge in [0.05, 0.1) is 0 Å².